The van der Waals surface area contributed by atoms with E-state index in [1.54, 1.807) is 25.1 Å². The first-order valence-corrected chi connectivity index (χ1v) is 11.1. The lowest BCUT2D eigenvalue weighted by molar-refractivity contribution is -0.274. The highest BCUT2D eigenvalue weighted by molar-refractivity contribution is 7.89. The van der Waals surface area contributed by atoms with Gasteiger partial charge in [0.25, 0.3) is 0 Å². The number of nitriles is 1. The summed E-state index contributed by atoms with van der Waals surface area (Å²) in [5.41, 5.74) is 1.86. The summed E-state index contributed by atoms with van der Waals surface area (Å²) in [4.78, 5) is 5.45. The summed E-state index contributed by atoms with van der Waals surface area (Å²) in [6.45, 7) is 2.13. The van der Waals surface area contributed by atoms with Crippen LogP contribution in [0.3, 0.4) is 0 Å². The van der Waals surface area contributed by atoms with Crippen molar-refractivity contribution in [2.45, 2.75) is 37.1 Å². The molecular formula is C21H20F3N3O4S. The molecule has 32 heavy (non-hydrogen) atoms. The van der Waals surface area contributed by atoms with Gasteiger partial charge in [-0.05, 0) is 43.3 Å². The fraction of sp³-hybridized carbons (Fsp3) is 0.333. The van der Waals surface area contributed by atoms with Crippen LogP contribution in [0.2, 0.25) is 0 Å². The molecular weight excluding hydrogens is 447 g/mol. The van der Waals surface area contributed by atoms with Gasteiger partial charge in [-0.15, -0.1) is 13.2 Å². The van der Waals surface area contributed by atoms with Crippen LogP contribution in [-0.2, 0) is 14.9 Å². The molecule has 2 aromatic rings. The van der Waals surface area contributed by atoms with E-state index in [0.29, 0.717) is 24.1 Å². The fourth-order valence-electron chi connectivity index (χ4n) is 3.16. The zero-order valence-electron chi connectivity index (χ0n) is 17.0. The molecule has 1 fully saturated rings. The number of hydrogen-bond donors (Lipinski definition) is 0. The van der Waals surface area contributed by atoms with Crippen LogP contribution in [0.25, 0.3) is 0 Å². The van der Waals surface area contributed by atoms with Crippen molar-refractivity contribution in [3.63, 3.8) is 0 Å². The van der Waals surface area contributed by atoms with Crippen LogP contribution in [0.15, 0.2) is 58.6 Å². The van der Waals surface area contributed by atoms with Crippen LogP contribution >= 0.6 is 0 Å². The minimum atomic E-state index is -4.85. The van der Waals surface area contributed by atoms with Crippen LogP contribution in [-0.4, -0.2) is 44.0 Å². The van der Waals surface area contributed by atoms with Gasteiger partial charge in [0.15, 0.2) is 0 Å². The summed E-state index contributed by atoms with van der Waals surface area (Å²) >= 11 is 0. The van der Waals surface area contributed by atoms with E-state index in [4.69, 9.17) is 10.1 Å². The van der Waals surface area contributed by atoms with Gasteiger partial charge in [-0.25, -0.2) is 8.42 Å². The third-order valence-electron chi connectivity index (χ3n) is 4.84. The smallest absolute Gasteiger partial charge is 0.406 e. The molecule has 0 unspecified atom stereocenters. The van der Waals surface area contributed by atoms with Gasteiger partial charge in [0, 0.05) is 31.5 Å². The molecule has 1 heterocycles. The Hall–Kier alpha value is -3.10. The van der Waals surface area contributed by atoms with Gasteiger partial charge < -0.3 is 9.57 Å². The Kier molecular flexibility index (Phi) is 7.06. The van der Waals surface area contributed by atoms with Crippen molar-refractivity contribution in [1.29, 1.82) is 5.26 Å². The molecule has 0 aliphatic carbocycles. The van der Waals surface area contributed by atoms with Gasteiger partial charge >= 0.3 is 6.36 Å². The number of nitrogens with zero attached hydrogens (tertiary/aromatic N) is 3. The third-order valence-corrected chi connectivity index (χ3v) is 6.76. The number of halogens is 3. The number of benzene rings is 2. The van der Waals surface area contributed by atoms with E-state index in [1.165, 1.54) is 4.31 Å². The van der Waals surface area contributed by atoms with E-state index < -0.39 is 22.1 Å². The highest BCUT2D eigenvalue weighted by Crippen LogP contribution is 2.27. The van der Waals surface area contributed by atoms with Gasteiger partial charge in [0.2, 0.25) is 10.0 Å². The van der Waals surface area contributed by atoms with E-state index in [9.17, 15) is 21.6 Å². The van der Waals surface area contributed by atoms with Crippen molar-refractivity contribution >= 4 is 15.7 Å². The predicted molar refractivity (Wildman–Crippen MR) is 109 cm³/mol. The van der Waals surface area contributed by atoms with Crippen LogP contribution in [0.5, 0.6) is 5.75 Å². The van der Waals surface area contributed by atoms with Gasteiger partial charge in [0.05, 0.1) is 22.2 Å². The number of rotatable bonds is 6. The average molecular weight is 467 g/mol. The standard InChI is InChI=1S/C21H20F3N3O4S/c1-15(17-4-2-3-16(13-17)14-25)26-31-19-9-11-27(12-10-19)32(28,29)20-7-5-18(6-8-20)30-21(22,23)24/h2-8,13,19H,9-12H2,1H3. The number of alkyl halides is 3. The molecule has 0 amide bonds. The van der Waals surface area contributed by atoms with Crippen LogP contribution in [0.1, 0.15) is 30.9 Å². The lowest BCUT2D eigenvalue weighted by atomic mass is 10.1. The molecule has 7 nitrogen and oxygen atoms in total. The Bertz CT molecular complexity index is 1120. The van der Waals surface area contributed by atoms with Gasteiger partial charge in [-0.1, -0.05) is 17.3 Å². The van der Waals surface area contributed by atoms with E-state index in [-0.39, 0.29) is 24.1 Å². The monoisotopic (exact) mass is 467 g/mol. The summed E-state index contributed by atoms with van der Waals surface area (Å²) in [6.07, 6.45) is -4.31. The van der Waals surface area contributed by atoms with E-state index in [1.807, 2.05) is 6.07 Å². The third kappa shape index (κ3) is 5.99. The summed E-state index contributed by atoms with van der Waals surface area (Å²) in [7, 11) is -3.85. The molecule has 2 aromatic carbocycles. The minimum Gasteiger partial charge on any atom is -0.406 e. The highest BCUT2D eigenvalue weighted by Gasteiger charge is 2.32. The van der Waals surface area contributed by atoms with Crippen molar-refractivity contribution in [1.82, 2.24) is 4.31 Å². The Morgan fingerprint density at radius 1 is 1.16 bits per heavy atom. The van der Waals surface area contributed by atoms with Gasteiger partial charge in [-0.2, -0.15) is 9.57 Å². The molecule has 1 aliphatic rings. The maximum Gasteiger partial charge on any atom is 0.573 e. The van der Waals surface area contributed by atoms with Crippen molar-refractivity contribution in [3.8, 4) is 11.8 Å². The molecule has 0 radical (unpaired) electrons. The molecule has 0 aromatic heterocycles. The summed E-state index contributed by atoms with van der Waals surface area (Å²) in [6, 6.07) is 13.1. The first-order chi connectivity index (χ1) is 15.1. The number of oxime groups is 1. The Balaban J connectivity index is 1.58. The molecule has 0 bridgehead atoms. The number of hydrogen-bond acceptors (Lipinski definition) is 6. The quantitative estimate of drug-likeness (QED) is 0.472. The fourth-order valence-corrected chi connectivity index (χ4v) is 4.63. The molecule has 0 spiro atoms. The van der Waals surface area contributed by atoms with Crippen LogP contribution in [0, 0.1) is 11.3 Å². The molecule has 0 N–H and O–H groups in total. The van der Waals surface area contributed by atoms with Gasteiger partial charge in [-0.3, -0.25) is 0 Å². The van der Waals surface area contributed by atoms with Crippen molar-refractivity contribution < 1.29 is 31.2 Å². The lowest BCUT2D eigenvalue weighted by Gasteiger charge is -2.30. The summed E-state index contributed by atoms with van der Waals surface area (Å²) < 4.78 is 67.4. The first kappa shape index (κ1) is 23.6. The molecule has 3 rings (SSSR count). The second-order valence-corrected chi connectivity index (χ2v) is 9.04. The number of ether oxygens (including phenoxy) is 1. The van der Waals surface area contributed by atoms with E-state index >= 15 is 0 Å². The molecule has 11 heteroatoms. The molecule has 1 aliphatic heterocycles. The van der Waals surface area contributed by atoms with E-state index in [2.05, 4.69) is 16.0 Å². The summed E-state index contributed by atoms with van der Waals surface area (Å²) in [5, 5.41) is 13.1. The second-order valence-electron chi connectivity index (χ2n) is 7.10. The maximum absolute atomic E-state index is 12.8. The van der Waals surface area contributed by atoms with Crippen molar-refractivity contribution in [2.24, 2.45) is 5.16 Å². The number of piperidine rings is 1. The molecule has 1 saturated heterocycles. The van der Waals surface area contributed by atoms with Crippen LogP contribution in [0.4, 0.5) is 13.2 Å². The Morgan fingerprint density at radius 2 is 1.81 bits per heavy atom. The maximum atomic E-state index is 12.8. The number of sulfonamides is 1. The molecule has 170 valence electrons. The molecule has 0 atom stereocenters. The topological polar surface area (TPSA) is 92.0 Å². The Labute approximate surface area is 183 Å². The minimum absolute atomic E-state index is 0.113. The first-order valence-electron chi connectivity index (χ1n) is 9.65. The highest BCUT2D eigenvalue weighted by atomic mass is 32.2. The Morgan fingerprint density at radius 3 is 2.41 bits per heavy atom. The predicted octanol–water partition coefficient (Wildman–Crippen LogP) is 4.05. The van der Waals surface area contributed by atoms with Gasteiger partial charge in [0.1, 0.15) is 11.9 Å². The van der Waals surface area contributed by atoms with Crippen molar-refractivity contribution in [2.75, 3.05) is 13.1 Å². The summed E-state index contributed by atoms with van der Waals surface area (Å²) in [5.74, 6) is -0.489. The second kappa shape index (κ2) is 9.58. The van der Waals surface area contributed by atoms with E-state index in [0.717, 1.165) is 29.8 Å². The zero-order valence-corrected chi connectivity index (χ0v) is 17.9. The largest absolute Gasteiger partial charge is 0.573 e. The van der Waals surface area contributed by atoms with Crippen molar-refractivity contribution in [3.05, 3.63) is 59.7 Å². The zero-order chi connectivity index (χ0) is 23.4. The van der Waals surface area contributed by atoms with Crippen LogP contribution < -0.4 is 4.74 Å². The average Bonchev–Trinajstić information content (AvgIpc) is 2.77. The lowest BCUT2D eigenvalue weighted by Crippen LogP contribution is -2.40. The SMILES string of the molecule is CC(=NOC1CCN(S(=O)(=O)c2ccc(OC(F)(F)F)cc2)CC1)c1cccc(C#N)c1. The molecule has 0 saturated carbocycles. The normalized spacial score (nSPS) is 16.4.